The number of hydrogen-bond donors (Lipinski definition) is 1. The molecule has 0 atom stereocenters. The number of carbonyl (C=O) groups is 1. The first-order chi connectivity index (χ1) is 10.2. The molecule has 0 spiro atoms. The first-order valence-corrected chi connectivity index (χ1v) is 8.96. The van der Waals surface area contributed by atoms with E-state index in [0.717, 1.165) is 16.1 Å². The highest BCUT2D eigenvalue weighted by Crippen LogP contribution is 2.19. The molecule has 22 heavy (non-hydrogen) atoms. The van der Waals surface area contributed by atoms with Crippen molar-refractivity contribution < 1.29 is 17.9 Å². The maximum Gasteiger partial charge on any atom is 0.239 e. The summed E-state index contributed by atoms with van der Waals surface area (Å²) in [5.41, 5.74) is 1.43. The van der Waals surface area contributed by atoms with Crippen molar-refractivity contribution in [3.63, 3.8) is 0 Å². The van der Waals surface area contributed by atoms with Gasteiger partial charge in [-0.25, -0.2) is 8.42 Å². The summed E-state index contributed by atoms with van der Waals surface area (Å²) in [6.45, 7) is 2.28. The average Bonchev–Trinajstić information content (AvgIpc) is 2.41. The smallest absolute Gasteiger partial charge is 0.239 e. The normalized spacial score (nSPS) is 11.7. The first kappa shape index (κ1) is 18.9. The quantitative estimate of drug-likeness (QED) is 0.728. The Morgan fingerprint density at radius 2 is 2.09 bits per heavy atom. The fourth-order valence-electron chi connectivity index (χ4n) is 1.78. The van der Waals surface area contributed by atoms with Crippen LogP contribution in [-0.2, 0) is 19.6 Å². The number of amides is 1. The van der Waals surface area contributed by atoms with Crippen LogP contribution >= 0.6 is 11.6 Å². The van der Waals surface area contributed by atoms with Gasteiger partial charge >= 0.3 is 0 Å². The van der Waals surface area contributed by atoms with Gasteiger partial charge in [-0.1, -0.05) is 17.7 Å². The lowest BCUT2D eigenvalue weighted by molar-refractivity contribution is -0.116. The van der Waals surface area contributed by atoms with Gasteiger partial charge in [0, 0.05) is 31.0 Å². The van der Waals surface area contributed by atoms with Gasteiger partial charge in [0.1, 0.15) is 0 Å². The second-order valence-electron chi connectivity index (χ2n) is 4.96. The zero-order valence-electron chi connectivity index (χ0n) is 12.9. The average molecular weight is 349 g/mol. The largest absolute Gasteiger partial charge is 0.385 e. The second-order valence-corrected chi connectivity index (χ2v) is 7.34. The maximum absolute atomic E-state index is 12.0. The molecule has 0 aliphatic rings. The predicted octanol–water partition coefficient (Wildman–Crippen LogP) is 1.89. The van der Waals surface area contributed by atoms with Gasteiger partial charge in [-0.15, -0.1) is 0 Å². The summed E-state index contributed by atoms with van der Waals surface area (Å²) in [6.07, 6.45) is 1.60. The van der Waals surface area contributed by atoms with Gasteiger partial charge in [0.2, 0.25) is 15.9 Å². The fourth-order valence-corrected chi connectivity index (χ4v) is 2.77. The molecule has 1 aromatic rings. The van der Waals surface area contributed by atoms with Crippen LogP contribution in [0.3, 0.4) is 0 Å². The molecule has 1 amide bonds. The number of aryl methyl sites for hydroxylation is 1. The van der Waals surface area contributed by atoms with Crippen LogP contribution in [0.25, 0.3) is 0 Å². The molecule has 0 saturated carbocycles. The molecular weight excluding hydrogens is 328 g/mol. The van der Waals surface area contributed by atoms with Crippen LogP contribution in [0.2, 0.25) is 5.02 Å². The number of methoxy groups -OCH3 is 1. The summed E-state index contributed by atoms with van der Waals surface area (Å²) in [7, 11) is -1.92. The molecule has 0 radical (unpaired) electrons. The Hall–Kier alpha value is -1.15. The minimum Gasteiger partial charge on any atom is -0.385 e. The summed E-state index contributed by atoms with van der Waals surface area (Å²) in [6, 6.07) is 5.13. The van der Waals surface area contributed by atoms with E-state index in [0.29, 0.717) is 23.7 Å². The van der Waals surface area contributed by atoms with Gasteiger partial charge in [-0.2, -0.15) is 4.31 Å². The highest BCUT2D eigenvalue weighted by atomic mass is 35.5. The number of halogens is 1. The summed E-state index contributed by atoms with van der Waals surface area (Å²) in [4.78, 5) is 12.0. The summed E-state index contributed by atoms with van der Waals surface area (Å²) < 4.78 is 29.4. The van der Waals surface area contributed by atoms with Gasteiger partial charge in [-0.3, -0.25) is 4.79 Å². The Morgan fingerprint density at radius 3 is 2.64 bits per heavy atom. The maximum atomic E-state index is 12.0. The van der Waals surface area contributed by atoms with E-state index in [1.165, 1.54) is 0 Å². The molecule has 6 nitrogen and oxygen atoms in total. The molecule has 0 fully saturated rings. The van der Waals surface area contributed by atoms with Crippen LogP contribution in [0.5, 0.6) is 0 Å². The zero-order valence-corrected chi connectivity index (χ0v) is 14.5. The van der Waals surface area contributed by atoms with Crippen molar-refractivity contribution in [2.75, 3.05) is 38.4 Å². The van der Waals surface area contributed by atoms with Crippen LogP contribution in [0, 0.1) is 6.92 Å². The van der Waals surface area contributed by atoms with Crippen molar-refractivity contribution in [1.29, 1.82) is 0 Å². The number of hydrogen-bond acceptors (Lipinski definition) is 4. The molecule has 0 bridgehead atoms. The van der Waals surface area contributed by atoms with E-state index in [1.807, 2.05) is 6.92 Å². The van der Waals surface area contributed by atoms with Crippen LogP contribution in [0.15, 0.2) is 18.2 Å². The topological polar surface area (TPSA) is 75.7 Å². The molecule has 1 rings (SSSR count). The van der Waals surface area contributed by atoms with Crippen LogP contribution in [0.4, 0.5) is 5.69 Å². The molecule has 0 unspecified atom stereocenters. The van der Waals surface area contributed by atoms with E-state index in [2.05, 4.69) is 5.32 Å². The van der Waals surface area contributed by atoms with E-state index in [9.17, 15) is 13.2 Å². The molecule has 0 saturated heterocycles. The first-order valence-electron chi connectivity index (χ1n) is 6.74. The van der Waals surface area contributed by atoms with Crippen LogP contribution < -0.4 is 5.32 Å². The van der Waals surface area contributed by atoms with Crippen molar-refractivity contribution in [1.82, 2.24) is 4.31 Å². The molecule has 0 aromatic heterocycles. The third kappa shape index (κ3) is 6.31. The van der Waals surface area contributed by atoms with Crippen molar-refractivity contribution in [2.24, 2.45) is 0 Å². The standard InChI is InChI=1S/C14H21ClN2O4S/c1-11-5-6-12(9-13(11)15)16-14(18)10-17(22(3,19)20)7-4-8-21-2/h5-6,9H,4,7-8,10H2,1-3H3,(H,16,18). The highest BCUT2D eigenvalue weighted by Gasteiger charge is 2.19. The molecule has 1 N–H and O–H groups in total. The number of rotatable bonds is 8. The Morgan fingerprint density at radius 1 is 1.41 bits per heavy atom. The van der Waals surface area contributed by atoms with Crippen molar-refractivity contribution >= 4 is 33.2 Å². The number of nitrogens with zero attached hydrogens (tertiary/aromatic N) is 1. The third-order valence-electron chi connectivity index (χ3n) is 3.00. The van der Waals surface area contributed by atoms with E-state index in [1.54, 1.807) is 25.3 Å². The SMILES string of the molecule is COCCCN(CC(=O)Nc1ccc(C)c(Cl)c1)S(C)(=O)=O. The zero-order chi connectivity index (χ0) is 16.8. The van der Waals surface area contributed by atoms with Gasteiger partial charge in [0.05, 0.1) is 12.8 Å². The molecule has 124 valence electrons. The number of nitrogens with one attached hydrogen (secondary N) is 1. The number of sulfonamides is 1. The minimum absolute atomic E-state index is 0.231. The molecule has 1 aromatic carbocycles. The number of carbonyl (C=O) groups excluding carboxylic acids is 1. The van der Waals surface area contributed by atoms with Crippen LogP contribution in [-0.4, -0.2) is 51.7 Å². The van der Waals surface area contributed by atoms with Crippen LogP contribution in [0.1, 0.15) is 12.0 Å². The summed E-state index contributed by atoms with van der Waals surface area (Å²) >= 11 is 5.99. The molecular formula is C14H21ClN2O4S. The van der Waals surface area contributed by atoms with Gasteiger partial charge < -0.3 is 10.1 Å². The number of benzene rings is 1. The van der Waals surface area contributed by atoms with E-state index >= 15 is 0 Å². The highest BCUT2D eigenvalue weighted by molar-refractivity contribution is 7.88. The van der Waals surface area contributed by atoms with Gasteiger partial charge in [0.15, 0.2) is 0 Å². The Bertz CT molecular complexity index is 619. The second kappa shape index (κ2) is 8.47. The lowest BCUT2D eigenvalue weighted by Gasteiger charge is -2.19. The van der Waals surface area contributed by atoms with Gasteiger partial charge in [0.25, 0.3) is 0 Å². The van der Waals surface area contributed by atoms with Crippen molar-refractivity contribution in [2.45, 2.75) is 13.3 Å². The monoisotopic (exact) mass is 348 g/mol. The molecule has 0 heterocycles. The van der Waals surface area contributed by atoms with Gasteiger partial charge in [-0.05, 0) is 31.0 Å². The molecule has 0 aliphatic heterocycles. The Balaban J connectivity index is 2.68. The number of ether oxygens (including phenoxy) is 1. The van der Waals surface area contributed by atoms with E-state index in [-0.39, 0.29) is 13.1 Å². The predicted molar refractivity (Wildman–Crippen MR) is 87.7 cm³/mol. The van der Waals surface area contributed by atoms with E-state index < -0.39 is 15.9 Å². The fraction of sp³-hybridized carbons (Fsp3) is 0.500. The van der Waals surface area contributed by atoms with Crippen molar-refractivity contribution in [3.05, 3.63) is 28.8 Å². The Kier molecular flexibility index (Phi) is 7.28. The summed E-state index contributed by atoms with van der Waals surface area (Å²) in [5.74, 6) is -0.414. The Labute approximate surface area is 136 Å². The molecule has 0 aliphatic carbocycles. The third-order valence-corrected chi connectivity index (χ3v) is 4.66. The summed E-state index contributed by atoms with van der Waals surface area (Å²) in [5, 5.41) is 3.18. The lowest BCUT2D eigenvalue weighted by Crippen LogP contribution is -2.38. The minimum atomic E-state index is -3.46. The molecule has 8 heteroatoms. The van der Waals surface area contributed by atoms with E-state index in [4.69, 9.17) is 16.3 Å². The lowest BCUT2D eigenvalue weighted by atomic mass is 10.2. The van der Waals surface area contributed by atoms with Crippen molar-refractivity contribution in [3.8, 4) is 0 Å². The number of anilines is 1.